The molecule has 3 aliphatic rings. The van der Waals surface area contributed by atoms with Crippen LogP contribution in [0.5, 0.6) is 5.75 Å². The molecule has 1 spiro atoms. The highest BCUT2D eigenvalue weighted by molar-refractivity contribution is 6.72. The molecule has 3 aromatic carbocycles. The minimum absolute atomic E-state index is 0.0675. The third kappa shape index (κ3) is 5.64. The van der Waals surface area contributed by atoms with Gasteiger partial charge in [0.2, 0.25) is 8.41 Å². The van der Waals surface area contributed by atoms with E-state index in [9.17, 15) is 24.8 Å². The Bertz CT molecular complexity index is 1980. The van der Waals surface area contributed by atoms with Gasteiger partial charge in [0.1, 0.15) is 5.75 Å². The number of fused-ring (bicyclic) bond motifs is 3. The fourth-order valence-corrected chi connectivity index (χ4v) is 10.4. The van der Waals surface area contributed by atoms with Gasteiger partial charge in [-0.25, -0.2) is 0 Å². The van der Waals surface area contributed by atoms with E-state index in [4.69, 9.17) is 9.47 Å². The third-order valence-corrected chi connectivity index (χ3v) is 12.4. The number of benzene rings is 3. The van der Waals surface area contributed by atoms with Crippen molar-refractivity contribution in [2.45, 2.75) is 63.2 Å². The molecule has 4 atom stereocenters. The number of carbonyl (C=O) groups excluding carboxylic acids is 2. The van der Waals surface area contributed by atoms with Crippen molar-refractivity contribution in [1.29, 1.82) is 0 Å². The van der Waals surface area contributed by atoms with Crippen LogP contribution in [0, 0.1) is 16.0 Å². The normalized spacial score (nSPS) is 22.9. The first kappa shape index (κ1) is 33.5. The zero-order chi connectivity index (χ0) is 35.4. The Morgan fingerprint density at radius 2 is 1.90 bits per heavy atom. The van der Waals surface area contributed by atoms with Crippen molar-refractivity contribution >= 4 is 43.0 Å². The third-order valence-electron chi connectivity index (χ3n) is 9.97. The monoisotopic (exact) mass is 700 g/mol. The summed E-state index contributed by atoms with van der Waals surface area (Å²) in [5.41, 5.74) is 0.850. The Hall–Kier alpha value is -4.99. The number of aliphatic hydroxyl groups excluding tert-OH is 1. The van der Waals surface area contributed by atoms with Crippen LogP contribution in [0.4, 0.5) is 26.9 Å². The lowest BCUT2D eigenvalue weighted by atomic mass is 9.82. The lowest BCUT2D eigenvalue weighted by Gasteiger charge is -2.31. The second kappa shape index (κ2) is 12.7. The summed E-state index contributed by atoms with van der Waals surface area (Å²) in [6.45, 7) is 5.23. The van der Waals surface area contributed by atoms with Gasteiger partial charge in [0.25, 0.3) is 17.5 Å². The number of halogens is 1. The van der Waals surface area contributed by atoms with Crippen LogP contribution in [0.1, 0.15) is 30.2 Å². The molecule has 0 bridgehead atoms. The lowest BCUT2D eigenvalue weighted by molar-refractivity contribution is -0.385. The number of aryl methyl sites for hydroxylation is 1. The number of amides is 2. The van der Waals surface area contributed by atoms with Crippen LogP contribution >= 0.6 is 0 Å². The summed E-state index contributed by atoms with van der Waals surface area (Å²) in [5, 5.41) is 29.4. The average molecular weight is 701 g/mol. The van der Waals surface area contributed by atoms with Crippen LogP contribution < -0.4 is 14.5 Å². The van der Waals surface area contributed by atoms with Crippen LogP contribution in [0.3, 0.4) is 0 Å². The van der Waals surface area contributed by atoms with Crippen molar-refractivity contribution in [3.05, 3.63) is 99.9 Å². The van der Waals surface area contributed by atoms with Crippen molar-refractivity contribution in [3.8, 4) is 5.75 Å². The van der Waals surface area contributed by atoms with Gasteiger partial charge in [0.05, 0.1) is 34.6 Å². The zero-order valence-corrected chi connectivity index (χ0v) is 28.9. The molecule has 2 amide bonds. The number of anilines is 3. The highest BCUT2D eigenvalue weighted by Crippen LogP contribution is 2.60. The first-order chi connectivity index (χ1) is 23.9. The van der Waals surface area contributed by atoms with E-state index in [0.717, 1.165) is 0 Å². The summed E-state index contributed by atoms with van der Waals surface area (Å²) in [6.07, 6.45) is 1.71. The number of rotatable bonds is 10. The number of ether oxygens (including phenoxy) is 2. The van der Waals surface area contributed by atoms with Gasteiger partial charge in [0.15, 0.2) is 12.2 Å². The molecule has 4 aromatic rings. The molecule has 15 heteroatoms. The predicted octanol–water partition coefficient (Wildman–Crippen LogP) is 5.19. The summed E-state index contributed by atoms with van der Waals surface area (Å²) in [4.78, 5) is 42.5. The summed E-state index contributed by atoms with van der Waals surface area (Å²) in [7, 11) is -3.49. The van der Waals surface area contributed by atoms with E-state index in [1.165, 1.54) is 12.1 Å². The van der Waals surface area contributed by atoms with E-state index in [1.807, 2.05) is 24.3 Å². The molecule has 4 heterocycles. The van der Waals surface area contributed by atoms with Gasteiger partial charge in [-0.05, 0) is 55.4 Å². The number of non-ortho nitro benzene ring substituents is 1. The van der Waals surface area contributed by atoms with Gasteiger partial charge in [-0.15, -0.1) is 5.10 Å². The molecule has 13 nitrogen and oxygen atoms in total. The van der Waals surface area contributed by atoms with E-state index in [-0.39, 0.29) is 31.4 Å². The van der Waals surface area contributed by atoms with E-state index in [2.05, 4.69) is 10.3 Å². The molecule has 260 valence electrons. The zero-order valence-electron chi connectivity index (χ0n) is 27.9. The van der Waals surface area contributed by atoms with Crippen LogP contribution in [0.2, 0.25) is 18.6 Å². The summed E-state index contributed by atoms with van der Waals surface area (Å²) in [5.74, 6) is -0.731. The van der Waals surface area contributed by atoms with Gasteiger partial charge in [0, 0.05) is 60.6 Å². The number of nitrogens with zero attached hydrogens (tertiary/aromatic N) is 6. The van der Waals surface area contributed by atoms with Crippen molar-refractivity contribution in [2.24, 2.45) is 5.92 Å². The molecular weight excluding hydrogens is 664 g/mol. The second-order valence-corrected chi connectivity index (χ2v) is 17.3. The average Bonchev–Trinajstić information content (AvgIpc) is 3.73. The highest BCUT2D eigenvalue weighted by Gasteiger charge is 2.67. The van der Waals surface area contributed by atoms with Gasteiger partial charge >= 0.3 is 0 Å². The second-order valence-electron chi connectivity index (χ2n) is 13.5. The minimum atomic E-state index is -3.49. The van der Waals surface area contributed by atoms with Gasteiger partial charge in [-0.2, -0.15) is 0 Å². The van der Waals surface area contributed by atoms with Crippen LogP contribution in [0.25, 0.3) is 0 Å². The van der Waals surface area contributed by atoms with Crippen molar-refractivity contribution in [3.63, 3.8) is 0 Å². The molecule has 0 unspecified atom stereocenters. The molecule has 7 rings (SSSR count). The Morgan fingerprint density at radius 3 is 2.66 bits per heavy atom. The SMILES string of the molecule is C[C@@H]1[C@@H]([Si](C)(C)F)[C@H](CCn2cc(CCO)nn2)O[C@@]12C(=O)N(Cc1cccc(N3C(=O)COc4ccccc43)c1)c1ccc([N+](=O)[O-])cc12. The number of nitro benzene ring substituents is 1. The first-order valence-corrected chi connectivity index (χ1v) is 19.5. The number of aromatic nitrogens is 3. The van der Waals surface area contributed by atoms with E-state index in [1.54, 1.807) is 71.0 Å². The van der Waals surface area contributed by atoms with Gasteiger partial charge in [-0.3, -0.25) is 29.3 Å². The number of aliphatic hydroxyl groups is 1. The Balaban J connectivity index is 1.24. The van der Waals surface area contributed by atoms with Crippen molar-refractivity contribution in [2.75, 3.05) is 23.0 Å². The standard InChI is InChI=1S/C35H37FN6O7Si/c1-22-33(50(2,3)36)31(13-15-39-20-24(14-16-43)37-38-39)49-35(22)27-18-26(42(46)47)11-12-28(27)40(34(35)45)19-23-7-6-8-25(17-23)41-29-9-4-5-10-30(29)48-21-32(41)44/h4-12,17-18,20,22,31,33,43H,13-16,19,21H2,1-3H3/t22-,31+,33-,35+/m1/s1. The maximum atomic E-state index is 16.3. The molecule has 1 N–H and O–H groups in total. The maximum Gasteiger partial charge on any atom is 0.269 e. The minimum Gasteiger partial charge on any atom is -0.482 e. The number of hydrogen-bond donors (Lipinski definition) is 1. The molecule has 0 radical (unpaired) electrons. The lowest BCUT2D eigenvalue weighted by Crippen LogP contribution is -2.45. The molecule has 50 heavy (non-hydrogen) atoms. The number of nitro groups is 1. The van der Waals surface area contributed by atoms with E-state index >= 15 is 4.11 Å². The quantitative estimate of drug-likeness (QED) is 0.102. The van der Waals surface area contributed by atoms with E-state index in [0.29, 0.717) is 59.0 Å². The van der Waals surface area contributed by atoms with Crippen molar-refractivity contribution in [1.82, 2.24) is 15.0 Å². The largest absolute Gasteiger partial charge is 0.482 e. The molecule has 1 fully saturated rings. The predicted molar refractivity (Wildman–Crippen MR) is 183 cm³/mol. The van der Waals surface area contributed by atoms with E-state index < -0.39 is 42.4 Å². The number of carbonyl (C=O) groups is 2. The smallest absolute Gasteiger partial charge is 0.269 e. The summed E-state index contributed by atoms with van der Waals surface area (Å²) >= 11 is 0. The fraction of sp³-hybridized carbons (Fsp3) is 0.371. The van der Waals surface area contributed by atoms with Crippen molar-refractivity contribution < 1.29 is 33.2 Å². The Morgan fingerprint density at radius 1 is 1.10 bits per heavy atom. The van der Waals surface area contributed by atoms with Gasteiger partial charge < -0.3 is 23.6 Å². The molecule has 1 aromatic heterocycles. The molecule has 0 aliphatic carbocycles. The molecule has 3 aliphatic heterocycles. The van der Waals surface area contributed by atoms with Crippen LogP contribution in [0.15, 0.2) is 72.9 Å². The molecule has 0 saturated carbocycles. The first-order valence-electron chi connectivity index (χ1n) is 16.5. The van der Waals surface area contributed by atoms with Crippen LogP contribution in [-0.2, 0) is 39.4 Å². The summed E-state index contributed by atoms with van der Waals surface area (Å²) < 4.78 is 30.3. The van der Waals surface area contributed by atoms with Gasteiger partial charge in [-0.1, -0.05) is 36.4 Å². The topological polar surface area (TPSA) is 153 Å². The molecule has 1 saturated heterocycles. The Kier molecular flexibility index (Phi) is 8.52. The van der Waals surface area contributed by atoms with Crippen LogP contribution in [-0.4, -0.2) is 64.6 Å². The summed E-state index contributed by atoms with van der Waals surface area (Å²) in [6, 6.07) is 18.8. The maximum absolute atomic E-state index is 16.3. The fourth-order valence-electron chi connectivity index (χ4n) is 7.87. The highest BCUT2D eigenvalue weighted by atomic mass is 28.4. The number of para-hydroxylation sites is 2. The molecular formula is C35H37FN6O7Si. The Labute approximate surface area is 288 Å². The number of hydrogen-bond acceptors (Lipinski definition) is 9.